The zero-order chi connectivity index (χ0) is 18.8. The second-order valence-electron chi connectivity index (χ2n) is 5.95. The van der Waals surface area contributed by atoms with E-state index in [-0.39, 0.29) is 0 Å². The number of nitrogens with zero attached hydrogens (tertiary/aromatic N) is 3. The van der Waals surface area contributed by atoms with Crippen molar-refractivity contribution in [3.05, 3.63) is 76.5 Å². The van der Waals surface area contributed by atoms with E-state index in [4.69, 9.17) is 32.9 Å². The van der Waals surface area contributed by atoms with Gasteiger partial charge in [0.2, 0.25) is 0 Å². The van der Waals surface area contributed by atoms with E-state index in [0.29, 0.717) is 28.0 Å². The Labute approximate surface area is 166 Å². The highest BCUT2D eigenvalue weighted by Crippen LogP contribution is 2.30. The maximum Gasteiger partial charge on any atom is 0.140 e. The molecule has 0 saturated heterocycles. The van der Waals surface area contributed by atoms with Gasteiger partial charge in [-0.3, -0.25) is 9.38 Å². The van der Waals surface area contributed by atoms with Crippen LogP contribution in [0.25, 0.3) is 17.0 Å². The highest BCUT2D eigenvalue weighted by molar-refractivity contribution is 6.31. The van der Waals surface area contributed by atoms with Crippen molar-refractivity contribution < 1.29 is 4.74 Å². The van der Waals surface area contributed by atoms with Crippen LogP contribution in [0.15, 0.2) is 60.9 Å². The lowest BCUT2D eigenvalue weighted by atomic mass is 10.2. The number of fused-ring (bicyclic) bond motifs is 1. The van der Waals surface area contributed by atoms with E-state index in [1.165, 1.54) is 0 Å². The number of benzene rings is 1. The summed E-state index contributed by atoms with van der Waals surface area (Å²) >= 11 is 12.3. The van der Waals surface area contributed by atoms with Gasteiger partial charge < -0.3 is 10.1 Å². The Morgan fingerprint density at radius 1 is 1.04 bits per heavy atom. The number of imidazole rings is 1. The summed E-state index contributed by atoms with van der Waals surface area (Å²) in [6.07, 6.45) is 3.50. The van der Waals surface area contributed by atoms with Gasteiger partial charge in [-0.1, -0.05) is 35.3 Å². The fraction of sp³-hybridized carbons (Fsp3) is 0.100. The SMILES string of the molecule is COc1ccc(CNc2c(-c3cc(Cl)ccn3)nc3ccc(Cl)cn23)cc1. The van der Waals surface area contributed by atoms with Crippen LogP contribution in [0.5, 0.6) is 5.75 Å². The Morgan fingerprint density at radius 2 is 1.85 bits per heavy atom. The fourth-order valence-electron chi connectivity index (χ4n) is 2.83. The Kier molecular flexibility index (Phi) is 4.88. The van der Waals surface area contributed by atoms with E-state index in [1.54, 1.807) is 25.4 Å². The second-order valence-corrected chi connectivity index (χ2v) is 6.82. The number of nitrogens with one attached hydrogen (secondary N) is 1. The van der Waals surface area contributed by atoms with Gasteiger partial charge >= 0.3 is 0 Å². The number of rotatable bonds is 5. The number of ether oxygens (including phenoxy) is 1. The first-order valence-electron chi connectivity index (χ1n) is 8.30. The smallest absolute Gasteiger partial charge is 0.140 e. The zero-order valence-corrected chi connectivity index (χ0v) is 16.0. The number of halogens is 2. The summed E-state index contributed by atoms with van der Waals surface area (Å²) in [6.45, 7) is 0.609. The highest BCUT2D eigenvalue weighted by atomic mass is 35.5. The van der Waals surface area contributed by atoms with Crippen molar-refractivity contribution in [2.75, 3.05) is 12.4 Å². The van der Waals surface area contributed by atoms with Crippen molar-refractivity contribution >= 4 is 34.7 Å². The lowest BCUT2D eigenvalue weighted by Gasteiger charge is -2.10. The van der Waals surface area contributed by atoms with Gasteiger partial charge in [0.25, 0.3) is 0 Å². The van der Waals surface area contributed by atoms with E-state index in [0.717, 1.165) is 22.8 Å². The minimum absolute atomic E-state index is 0.608. The number of methoxy groups -OCH3 is 1. The third kappa shape index (κ3) is 3.70. The molecule has 0 atom stereocenters. The molecular weight excluding hydrogens is 383 g/mol. The quantitative estimate of drug-likeness (QED) is 0.493. The summed E-state index contributed by atoms with van der Waals surface area (Å²) in [7, 11) is 1.65. The molecule has 3 aromatic heterocycles. The number of hydrogen-bond acceptors (Lipinski definition) is 4. The molecule has 0 spiro atoms. The molecule has 0 radical (unpaired) electrons. The van der Waals surface area contributed by atoms with Crippen LogP contribution >= 0.6 is 23.2 Å². The molecule has 1 aromatic carbocycles. The molecule has 0 bridgehead atoms. The molecule has 0 aliphatic carbocycles. The van der Waals surface area contributed by atoms with E-state index >= 15 is 0 Å². The van der Waals surface area contributed by atoms with Crippen LogP contribution in [0, 0.1) is 0 Å². The first kappa shape index (κ1) is 17.6. The van der Waals surface area contributed by atoms with Gasteiger partial charge in [-0.05, 0) is 42.0 Å². The second kappa shape index (κ2) is 7.47. The topological polar surface area (TPSA) is 51.5 Å². The van der Waals surface area contributed by atoms with Crippen molar-refractivity contribution in [2.45, 2.75) is 6.54 Å². The van der Waals surface area contributed by atoms with Gasteiger partial charge in [-0.2, -0.15) is 0 Å². The average molecular weight is 399 g/mol. The molecule has 0 unspecified atom stereocenters. The van der Waals surface area contributed by atoms with Crippen molar-refractivity contribution in [1.29, 1.82) is 0 Å². The third-order valence-electron chi connectivity index (χ3n) is 4.17. The minimum atomic E-state index is 0.608. The predicted molar refractivity (Wildman–Crippen MR) is 109 cm³/mol. The van der Waals surface area contributed by atoms with Gasteiger partial charge in [0.15, 0.2) is 0 Å². The first-order valence-corrected chi connectivity index (χ1v) is 9.06. The van der Waals surface area contributed by atoms with Gasteiger partial charge in [0, 0.05) is 24.0 Å². The van der Waals surface area contributed by atoms with E-state index in [9.17, 15) is 0 Å². The number of aromatic nitrogens is 3. The molecule has 0 amide bonds. The normalized spacial score (nSPS) is 10.9. The van der Waals surface area contributed by atoms with Crippen LogP contribution in [0.4, 0.5) is 5.82 Å². The average Bonchev–Trinajstić information content (AvgIpc) is 3.04. The van der Waals surface area contributed by atoms with E-state index in [2.05, 4.69) is 10.3 Å². The molecule has 0 aliphatic heterocycles. The number of pyridine rings is 2. The summed E-state index contributed by atoms with van der Waals surface area (Å²) in [6, 6.07) is 15.1. The molecule has 0 aliphatic rings. The van der Waals surface area contributed by atoms with Crippen LogP contribution in [-0.4, -0.2) is 21.5 Å². The summed E-state index contributed by atoms with van der Waals surface area (Å²) in [4.78, 5) is 9.12. The van der Waals surface area contributed by atoms with Gasteiger partial charge in [-0.25, -0.2) is 4.98 Å². The van der Waals surface area contributed by atoms with Crippen LogP contribution in [0.1, 0.15) is 5.56 Å². The Morgan fingerprint density at radius 3 is 2.59 bits per heavy atom. The predicted octanol–water partition coefficient (Wildman–Crippen LogP) is 5.32. The van der Waals surface area contributed by atoms with Crippen molar-refractivity contribution in [1.82, 2.24) is 14.4 Å². The lowest BCUT2D eigenvalue weighted by molar-refractivity contribution is 0.414. The molecule has 1 N–H and O–H groups in total. The number of anilines is 1. The molecule has 136 valence electrons. The Balaban J connectivity index is 1.74. The van der Waals surface area contributed by atoms with Gasteiger partial charge in [-0.15, -0.1) is 0 Å². The molecule has 3 heterocycles. The molecule has 27 heavy (non-hydrogen) atoms. The summed E-state index contributed by atoms with van der Waals surface area (Å²) in [5, 5.41) is 4.68. The summed E-state index contributed by atoms with van der Waals surface area (Å²) in [5.74, 6) is 1.63. The summed E-state index contributed by atoms with van der Waals surface area (Å²) < 4.78 is 7.13. The van der Waals surface area contributed by atoms with Crippen molar-refractivity contribution in [3.8, 4) is 17.1 Å². The minimum Gasteiger partial charge on any atom is -0.497 e. The van der Waals surface area contributed by atoms with Crippen LogP contribution < -0.4 is 10.1 Å². The van der Waals surface area contributed by atoms with E-state index in [1.807, 2.05) is 47.0 Å². The van der Waals surface area contributed by atoms with Gasteiger partial charge in [0.1, 0.15) is 22.9 Å². The third-order valence-corrected chi connectivity index (χ3v) is 4.62. The standard InChI is InChI=1S/C20H16Cl2N4O/c1-27-16-5-2-13(3-6-16)11-24-20-19(17-10-14(21)8-9-23-17)25-18-7-4-15(22)12-26(18)20/h2-10,12,24H,11H2,1H3. The molecule has 7 heteroatoms. The maximum absolute atomic E-state index is 6.19. The monoisotopic (exact) mass is 398 g/mol. The van der Waals surface area contributed by atoms with Gasteiger partial charge in [0.05, 0.1) is 17.8 Å². The van der Waals surface area contributed by atoms with Crippen LogP contribution in [0.2, 0.25) is 10.0 Å². The van der Waals surface area contributed by atoms with Crippen LogP contribution in [-0.2, 0) is 6.54 Å². The van der Waals surface area contributed by atoms with E-state index < -0.39 is 0 Å². The lowest BCUT2D eigenvalue weighted by Crippen LogP contribution is -2.04. The molecular formula is C20H16Cl2N4O. The van der Waals surface area contributed by atoms with Crippen molar-refractivity contribution in [3.63, 3.8) is 0 Å². The molecule has 0 saturated carbocycles. The van der Waals surface area contributed by atoms with Crippen LogP contribution in [0.3, 0.4) is 0 Å². The van der Waals surface area contributed by atoms with Crippen molar-refractivity contribution in [2.24, 2.45) is 0 Å². The molecule has 5 nitrogen and oxygen atoms in total. The molecule has 4 aromatic rings. The molecule has 4 rings (SSSR count). The number of hydrogen-bond donors (Lipinski definition) is 1. The highest BCUT2D eigenvalue weighted by Gasteiger charge is 2.16. The summed E-state index contributed by atoms with van der Waals surface area (Å²) in [5.41, 5.74) is 3.29. The maximum atomic E-state index is 6.19. The zero-order valence-electron chi connectivity index (χ0n) is 14.5. The molecule has 0 fully saturated rings. The largest absolute Gasteiger partial charge is 0.497 e. The Hall–Kier alpha value is -2.76. The first-order chi connectivity index (χ1) is 13.1. The Bertz CT molecular complexity index is 1090. The fourth-order valence-corrected chi connectivity index (χ4v) is 3.15.